The summed E-state index contributed by atoms with van der Waals surface area (Å²) in [4.78, 5) is 18.8. The van der Waals surface area contributed by atoms with E-state index in [9.17, 15) is 4.79 Å². The summed E-state index contributed by atoms with van der Waals surface area (Å²) in [7, 11) is 0. The number of ether oxygens (including phenoxy) is 1. The number of nitrogens with zero attached hydrogens (tertiary/aromatic N) is 1. The number of carbonyl (C=O) groups is 1. The van der Waals surface area contributed by atoms with E-state index in [2.05, 4.69) is 16.0 Å². The monoisotopic (exact) mass is 330 g/mol. The number of nitrogens with one attached hydrogen (secondary N) is 1. The molecule has 0 radical (unpaired) electrons. The van der Waals surface area contributed by atoms with Gasteiger partial charge in [0.05, 0.1) is 11.2 Å². The van der Waals surface area contributed by atoms with Crippen LogP contribution in [0.25, 0.3) is 21.8 Å². The second kappa shape index (κ2) is 6.40. The summed E-state index contributed by atoms with van der Waals surface area (Å²) in [6, 6.07) is 18.0. The number of pyridine rings is 1. The van der Waals surface area contributed by atoms with Crippen molar-refractivity contribution in [3.8, 4) is 5.75 Å². The van der Waals surface area contributed by atoms with Gasteiger partial charge in [-0.05, 0) is 42.8 Å². The number of aldehydes is 1. The average Bonchev–Trinajstić information content (AvgIpc) is 2.95. The van der Waals surface area contributed by atoms with Crippen LogP contribution in [0.15, 0.2) is 54.6 Å². The molecule has 4 heteroatoms. The zero-order chi connectivity index (χ0) is 17.2. The Morgan fingerprint density at radius 3 is 2.88 bits per heavy atom. The van der Waals surface area contributed by atoms with Crippen LogP contribution in [0.3, 0.4) is 0 Å². The number of carbonyl (C=O) groups excluding carboxylic acids is 1. The van der Waals surface area contributed by atoms with Gasteiger partial charge in [-0.2, -0.15) is 0 Å². The average molecular weight is 330 g/mol. The normalized spacial score (nSPS) is 11.1. The van der Waals surface area contributed by atoms with E-state index in [0.717, 1.165) is 50.8 Å². The van der Waals surface area contributed by atoms with E-state index in [1.807, 2.05) is 55.5 Å². The fraction of sp³-hybridized carbons (Fsp3) is 0.143. The largest absolute Gasteiger partial charge is 0.487 e. The lowest BCUT2D eigenvalue weighted by molar-refractivity contribution is -0.107. The third kappa shape index (κ3) is 2.98. The fourth-order valence-corrected chi connectivity index (χ4v) is 3.14. The van der Waals surface area contributed by atoms with Gasteiger partial charge in [0.25, 0.3) is 0 Å². The van der Waals surface area contributed by atoms with E-state index in [0.29, 0.717) is 13.0 Å². The minimum atomic E-state index is 0.404. The van der Waals surface area contributed by atoms with Crippen molar-refractivity contribution in [1.82, 2.24) is 9.97 Å². The molecule has 2 aromatic carbocycles. The molecule has 0 atom stereocenters. The number of hydrogen-bond acceptors (Lipinski definition) is 3. The predicted molar refractivity (Wildman–Crippen MR) is 98.9 cm³/mol. The molecule has 0 aliphatic rings. The highest BCUT2D eigenvalue weighted by Crippen LogP contribution is 2.27. The van der Waals surface area contributed by atoms with E-state index in [1.165, 1.54) is 0 Å². The first-order valence-corrected chi connectivity index (χ1v) is 8.27. The van der Waals surface area contributed by atoms with E-state index >= 15 is 0 Å². The highest BCUT2D eigenvalue weighted by Gasteiger charge is 2.09. The Bertz CT molecular complexity index is 1070. The molecule has 0 saturated heterocycles. The molecule has 0 saturated carbocycles. The Kier molecular flexibility index (Phi) is 3.94. The molecule has 25 heavy (non-hydrogen) atoms. The molecule has 0 fully saturated rings. The summed E-state index contributed by atoms with van der Waals surface area (Å²) in [5, 5.41) is 2.16. The van der Waals surface area contributed by atoms with Crippen LogP contribution in [0.4, 0.5) is 0 Å². The van der Waals surface area contributed by atoms with Crippen molar-refractivity contribution < 1.29 is 9.53 Å². The number of aromatic nitrogens is 2. The molecular weight excluding hydrogens is 312 g/mol. The number of hydrogen-bond donors (Lipinski definition) is 1. The van der Waals surface area contributed by atoms with Gasteiger partial charge in [-0.1, -0.05) is 24.3 Å². The molecule has 4 rings (SSSR count). The summed E-state index contributed by atoms with van der Waals surface area (Å²) in [6.07, 6.45) is 1.34. The molecule has 0 aliphatic heterocycles. The lowest BCUT2D eigenvalue weighted by Gasteiger charge is -2.07. The molecule has 0 unspecified atom stereocenters. The molecule has 0 bridgehead atoms. The fourth-order valence-electron chi connectivity index (χ4n) is 3.14. The third-order valence-corrected chi connectivity index (χ3v) is 4.42. The SMILES string of the molecule is Cc1[nH]c2ccc(OCc3ccc4ccccc4n3)cc2c1CC=O. The van der Waals surface area contributed by atoms with Gasteiger partial charge in [0.2, 0.25) is 0 Å². The van der Waals surface area contributed by atoms with Crippen LogP contribution in [0.2, 0.25) is 0 Å². The number of fused-ring (bicyclic) bond motifs is 2. The number of benzene rings is 2. The van der Waals surface area contributed by atoms with Gasteiger partial charge in [-0.3, -0.25) is 0 Å². The van der Waals surface area contributed by atoms with Crippen molar-refractivity contribution >= 4 is 28.1 Å². The molecule has 124 valence electrons. The van der Waals surface area contributed by atoms with Crippen molar-refractivity contribution in [2.75, 3.05) is 0 Å². The van der Waals surface area contributed by atoms with Gasteiger partial charge in [-0.15, -0.1) is 0 Å². The number of H-pyrrole nitrogens is 1. The van der Waals surface area contributed by atoms with Crippen molar-refractivity contribution in [2.24, 2.45) is 0 Å². The van der Waals surface area contributed by atoms with Gasteiger partial charge < -0.3 is 14.5 Å². The maximum absolute atomic E-state index is 10.9. The highest BCUT2D eigenvalue weighted by molar-refractivity contribution is 5.87. The molecule has 0 spiro atoms. The minimum Gasteiger partial charge on any atom is -0.487 e. The molecule has 0 amide bonds. The Morgan fingerprint density at radius 2 is 2.00 bits per heavy atom. The Morgan fingerprint density at radius 1 is 1.12 bits per heavy atom. The molecule has 4 nitrogen and oxygen atoms in total. The van der Waals surface area contributed by atoms with Crippen LogP contribution >= 0.6 is 0 Å². The highest BCUT2D eigenvalue weighted by atomic mass is 16.5. The number of aryl methyl sites for hydroxylation is 1. The zero-order valence-electron chi connectivity index (χ0n) is 14.0. The number of aromatic amines is 1. The Hall–Kier alpha value is -3.14. The van der Waals surface area contributed by atoms with Gasteiger partial charge in [0.15, 0.2) is 0 Å². The van der Waals surface area contributed by atoms with Gasteiger partial charge in [0, 0.05) is 28.4 Å². The van der Waals surface area contributed by atoms with Crippen molar-refractivity contribution in [1.29, 1.82) is 0 Å². The van der Waals surface area contributed by atoms with Crippen LogP contribution in [0.1, 0.15) is 17.0 Å². The summed E-state index contributed by atoms with van der Waals surface area (Å²) in [5.74, 6) is 0.772. The second-order valence-corrected chi connectivity index (χ2v) is 6.09. The smallest absolute Gasteiger partial charge is 0.130 e. The lowest BCUT2D eigenvalue weighted by Crippen LogP contribution is -1.98. The number of rotatable bonds is 5. The molecular formula is C21H18N2O2. The maximum atomic E-state index is 10.9. The van der Waals surface area contributed by atoms with E-state index in [4.69, 9.17) is 4.74 Å². The molecule has 2 aromatic heterocycles. The van der Waals surface area contributed by atoms with Crippen LogP contribution in [-0.2, 0) is 17.8 Å². The summed E-state index contributed by atoms with van der Waals surface area (Å²) < 4.78 is 5.93. The molecule has 1 N–H and O–H groups in total. The van der Waals surface area contributed by atoms with Gasteiger partial charge >= 0.3 is 0 Å². The summed E-state index contributed by atoms with van der Waals surface area (Å²) >= 11 is 0. The first-order valence-electron chi connectivity index (χ1n) is 8.27. The predicted octanol–water partition coefficient (Wildman–Crippen LogP) is 4.34. The van der Waals surface area contributed by atoms with Crippen molar-refractivity contribution in [3.05, 3.63) is 71.5 Å². The van der Waals surface area contributed by atoms with Crippen molar-refractivity contribution in [2.45, 2.75) is 20.0 Å². The third-order valence-electron chi connectivity index (χ3n) is 4.42. The second-order valence-electron chi connectivity index (χ2n) is 6.09. The summed E-state index contributed by atoms with van der Waals surface area (Å²) in [5.41, 5.74) is 4.92. The van der Waals surface area contributed by atoms with Crippen LogP contribution in [-0.4, -0.2) is 16.3 Å². The quantitative estimate of drug-likeness (QED) is 0.554. The van der Waals surface area contributed by atoms with Crippen LogP contribution in [0.5, 0.6) is 5.75 Å². The first-order chi connectivity index (χ1) is 12.2. The van der Waals surface area contributed by atoms with E-state index < -0.39 is 0 Å². The zero-order valence-corrected chi connectivity index (χ0v) is 14.0. The molecule has 2 heterocycles. The lowest BCUT2D eigenvalue weighted by atomic mass is 10.1. The minimum absolute atomic E-state index is 0.404. The number of para-hydroxylation sites is 1. The summed E-state index contributed by atoms with van der Waals surface area (Å²) in [6.45, 7) is 2.39. The standard InChI is InChI=1S/C21H18N2O2/c1-14-18(10-11-24)19-12-17(8-9-21(19)22-14)25-13-16-7-6-15-4-2-3-5-20(15)23-16/h2-9,11-12,22H,10,13H2,1H3. The van der Waals surface area contributed by atoms with Gasteiger partial charge in [0.1, 0.15) is 18.6 Å². The first kappa shape index (κ1) is 15.4. The molecule has 4 aromatic rings. The van der Waals surface area contributed by atoms with E-state index in [1.54, 1.807) is 0 Å². The Labute approximate surface area is 145 Å². The Balaban J connectivity index is 1.59. The molecule has 0 aliphatic carbocycles. The van der Waals surface area contributed by atoms with Gasteiger partial charge in [-0.25, -0.2) is 4.98 Å². The van der Waals surface area contributed by atoms with Crippen LogP contribution in [0, 0.1) is 6.92 Å². The van der Waals surface area contributed by atoms with Crippen molar-refractivity contribution in [3.63, 3.8) is 0 Å². The van der Waals surface area contributed by atoms with Crippen LogP contribution < -0.4 is 4.74 Å². The maximum Gasteiger partial charge on any atom is 0.130 e. The topological polar surface area (TPSA) is 55.0 Å². The van der Waals surface area contributed by atoms with E-state index in [-0.39, 0.29) is 0 Å².